The van der Waals surface area contributed by atoms with Gasteiger partial charge in [-0.05, 0) is 165 Å². The third-order valence-corrected chi connectivity index (χ3v) is 12.7. The number of rotatable bonds is 20. The van der Waals surface area contributed by atoms with Gasteiger partial charge in [0.2, 0.25) is 11.8 Å². The molecule has 12 heteroatoms. The van der Waals surface area contributed by atoms with Crippen molar-refractivity contribution >= 4 is 30.0 Å². The van der Waals surface area contributed by atoms with Crippen LogP contribution in [0.4, 0.5) is 10.2 Å². The van der Waals surface area contributed by atoms with Crippen LogP contribution in [-0.2, 0) is 14.4 Å². The number of nitrogens with one attached hydrogen (secondary N) is 2. The summed E-state index contributed by atoms with van der Waals surface area (Å²) in [5, 5.41) is 5.37. The number of piperidine rings is 2. The Morgan fingerprint density at radius 1 is 0.957 bits per heavy atom. The van der Waals surface area contributed by atoms with Crippen molar-refractivity contribution in [3.8, 4) is 11.1 Å². The van der Waals surface area contributed by atoms with E-state index in [0.717, 1.165) is 98.6 Å². The van der Waals surface area contributed by atoms with Crippen LogP contribution >= 0.6 is 0 Å². The van der Waals surface area contributed by atoms with Gasteiger partial charge in [-0.15, -0.1) is 0 Å². The fraction of sp³-hybridized carbons (Fsp3) is 0.561. The number of hydrogen-bond acceptors (Lipinski definition) is 9. The molecule has 1 unspecified atom stereocenters. The van der Waals surface area contributed by atoms with E-state index in [1.165, 1.54) is 70.1 Å². The third kappa shape index (κ3) is 20.4. The van der Waals surface area contributed by atoms with Crippen molar-refractivity contribution in [3.05, 3.63) is 107 Å². The summed E-state index contributed by atoms with van der Waals surface area (Å²) >= 11 is 0. The van der Waals surface area contributed by atoms with Crippen LogP contribution in [0.1, 0.15) is 138 Å². The zero-order valence-corrected chi connectivity index (χ0v) is 44.4. The molecule has 2 aliphatic heterocycles. The van der Waals surface area contributed by atoms with E-state index in [1.807, 2.05) is 52.2 Å². The van der Waals surface area contributed by atoms with Crippen molar-refractivity contribution in [3.63, 3.8) is 0 Å². The molecular formula is C57H89FN8O3. The number of allylic oxidation sites excluding steroid dienone is 7. The molecule has 4 heterocycles. The van der Waals surface area contributed by atoms with Gasteiger partial charge < -0.3 is 31.0 Å². The van der Waals surface area contributed by atoms with Gasteiger partial charge in [0.15, 0.2) is 0 Å². The Balaban J connectivity index is 0.000000598. The first kappa shape index (κ1) is 59.9. The molecule has 382 valence electrons. The van der Waals surface area contributed by atoms with Crippen molar-refractivity contribution in [1.29, 1.82) is 0 Å². The lowest BCUT2D eigenvalue weighted by Crippen LogP contribution is -2.42. The van der Waals surface area contributed by atoms with Crippen LogP contribution in [0.5, 0.6) is 0 Å². The first-order valence-electron chi connectivity index (χ1n) is 25.9. The second-order valence-corrected chi connectivity index (χ2v) is 18.0. The van der Waals surface area contributed by atoms with Crippen LogP contribution in [0, 0.1) is 18.8 Å². The number of nitrogen functional groups attached to an aromatic ring is 1. The summed E-state index contributed by atoms with van der Waals surface area (Å²) in [7, 11) is 1.51. The van der Waals surface area contributed by atoms with Crippen LogP contribution in [-0.4, -0.2) is 108 Å². The molecule has 11 nitrogen and oxygen atoms in total. The second-order valence-electron chi connectivity index (χ2n) is 18.0. The first-order chi connectivity index (χ1) is 33.3. The van der Waals surface area contributed by atoms with Gasteiger partial charge in [0.1, 0.15) is 24.0 Å². The molecule has 2 amide bonds. The van der Waals surface area contributed by atoms with Crippen LogP contribution in [0.3, 0.4) is 0 Å². The molecule has 2 fully saturated rings. The summed E-state index contributed by atoms with van der Waals surface area (Å²) in [5.41, 5.74) is 15.0. The molecule has 0 saturated carbocycles. The Bertz CT molecular complexity index is 2030. The number of nitrogens with zero attached hydrogens (tertiary/aromatic N) is 5. The zero-order chi connectivity index (χ0) is 51.3. The van der Waals surface area contributed by atoms with Gasteiger partial charge >= 0.3 is 0 Å². The van der Waals surface area contributed by atoms with E-state index in [-0.39, 0.29) is 24.1 Å². The van der Waals surface area contributed by atoms with Crippen molar-refractivity contribution in [2.75, 3.05) is 65.1 Å². The number of halogens is 1. The predicted molar refractivity (Wildman–Crippen MR) is 288 cm³/mol. The summed E-state index contributed by atoms with van der Waals surface area (Å²) in [5.74, 6) is 1.53. The molecule has 2 saturated heterocycles. The van der Waals surface area contributed by atoms with Gasteiger partial charge in [0, 0.05) is 80.1 Å². The van der Waals surface area contributed by atoms with Gasteiger partial charge in [0.25, 0.3) is 0 Å². The largest absolute Gasteiger partial charge is 0.384 e. The van der Waals surface area contributed by atoms with Gasteiger partial charge in [-0.25, -0.2) is 9.37 Å². The summed E-state index contributed by atoms with van der Waals surface area (Å²) < 4.78 is 13.5. The topological polar surface area (TPSA) is 137 Å². The molecule has 0 spiro atoms. The second kappa shape index (κ2) is 33.4. The molecule has 1 atom stereocenters. The Morgan fingerprint density at radius 3 is 2.16 bits per heavy atom. The van der Waals surface area contributed by atoms with Gasteiger partial charge in [-0.1, -0.05) is 77.5 Å². The minimum absolute atomic E-state index is 0.251. The Kier molecular flexibility index (Phi) is 29.0. The van der Waals surface area contributed by atoms with E-state index in [1.54, 1.807) is 19.4 Å². The summed E-state index contributed by atoms with van der Waals surface area (Å²) in [6, 6.07) is 5.35. The number of amides is 2. The number of carbonyl (C=O) groups excluding carboxylic acids is 3. The van der Waals surface area contributed by atoms with Crippen LogP contribution < -0.4 is 16.4 Å². The average molecular weight is 953 g/mol. The molecule has 3 aliphatic rings. The monoisotopic (exact) mass is 953 g/mol. The van der Waals surface area contributed by atoms with Crippen LogP contribution in [0.25, 0.3) is 17.2 Å². The highest BCUT2D eigenvalue weighted by molar-refractivity contribution is 5.94. The average Bonchev–Trinajstić information content (AvgIpc) is 3.37. The molecule has 0 bridgehead atoms. The van der Waals surface area contributed by atoms with E-state index < -0.39 is 6.04 Å². The normalized spacial score (nSPS) is 16.2. The van der Waals surface area contributed by atoms with Crippen molar-refractivity contribution < 1.29 is 18.8 Å². The lowest BCUT2D eigenvalue weighted by Gasteiger charge is -2.36. The predicted octanol–water partition coefficient (Wildman–Crippen LogP) is 11.2. The van der Waals surface area contributed by atoms with E-state index in [4.69, 9.17) is 5.73 Å². The number of nitrogens with two attached hydrogens (primary N) is 1. The molecule has 4 N–H and O–H groups in total. The number of anilines is 1. The highest BCUT2D eigenvalue weighted by Gasteiger charge is 2.29. The maximum atomic E-state index is 13.5. The Morgan fingerprint density at radius 2 is 1.62 bits per heavy atom. The minimum atomic E-state index is -0.593. The highest BCUT2D eigenvalue weighted by atomic mass is 19.1. The molecule has 2 aromatic heterocycles. The molecule has 0 radical (unpaired) electrons. The van der Waals surface area contributed by atoms with Crippen LogP contribution in [0.2, 0.25) is 0 Å². The number of aryl methyl sites for hydroxylation is 1. The number of likely N-dealkylation sites (N-methyl/N-ethyl adjacent to an activating group) is 1. The number of carbonyl (C=O) groups is 3. The van der Waals surface area contributed by atoms with Crippen molar-refractivity contribution in [2.24, 2.45) is 11.8 Å². The maximum absolute atomic E-state index is 13.5. The van der Waals surface area contributed by atoms with Crippen LogP contribution in [0.15, 0.2) is 95.3 Å². The number of pyridine rings is 2. The number of hydrogen-bond donors (Lipinski definition) is 3. The Hall–Kier alpha value is -5.20. The van der Waals surface area contributed by atoms with Gasteiger partial charge in [0.05, 0.1) is 0 Å². The lowest BCUT2D eigenvalue weighted by atomic mass is 9.83. The number of likely N-dealkylation sites (tertiary alicyclic amines) is 2. The molecular weight excluding hydrogens is 864 g/mol. The van der Waals surface area contributed by atoms with E-state index in [2.05, 4.69) is 93.9 Å². The summed E-state index contributed by atoms with van der Waals surface area (Å²) in [6.45, 7) is 32.3. The van der Waals surface area contributed by atoms with Gasteiger partial charge in [-0.3, -0.25) is 19.5 Å². The van der Waals surface area contributed by atoms with Crippen molar-refractivity contribution in [1.82, 2.24) is 35.3 Å². The quantitative estimate of drug-likeness (QED) is 0.0875. The zero-order valence-electron chi connectivity index (χ0n) is 44.4. The molecule has 1 aliphatic carbocycles. The van der Waals surface area contributed by atoms with E-state index in [9.17, 15) is 18.8 Å². The van der Waals surface area contributed by atoms with Crippen molar-refractivity contribution in [2.45, 2.75) is 139 Å². The number of aromatic nitrogens is 2. The number of aldehydes is 1. The lowest BCUT2D eigenvalue weighted by molar-refractivity contribution is -0.128. The SMILES string of the molecule is C=C/C(=C\C(F)=C(C)C)NC(CCC=O)C(=O)NC.CC.CC.CCCN(CCC)CC1CCN(C(=O)C2=CC=C(C3CCN(C/C(C)=C/c4c(-c5ccc(N)nc5)ccnc4C)CC3)CC2)CC1. The summed E-state index contributed by atoms with van der Waals surface area (Å²) in [6.07, 6.45) is 23.5. The maximum Gasteiger partial charge on any atom is 0.249 e. The van der Waals surface area contributed by atoms with E-state index in [0.29, 0.717) is 29.4 Å². The Labute approximate surface area is 416 Å². The smallest absolute Gasteiger partial charge is 0.249 e. The fourth-order valence-corrected chi connectivity index (χ4v) is 8.99. The summed E-state index contributed by atoms with van der Waals surface area (Å²) in [4.78, 5) is 51.6. The highest BCUT2D eigenvalue weighted by Crippen LogP contribution is 2.33. The first-order valence-corrected chi connectivity index (χ1v) is 25.9. The minimum Gasteiger partial charge on any atom is -0.384 e. The van der Waals surface area contributed by atoms with Gasteiger partial charge in [-0.2, -0.15) is 0 Å². The molecule has 0 aromatic carbocycles. The molecule has 2 aromatic rings. The fourth-order valence-electron chi connectivity index (χ4n) is 8.99. The third-order valence-electron chi connectivity index (χ3n) is 12.7. The molecule has 69 heavy (non-hydrogen) atoms. The standard InChI is InChI=1S/C39H56N6O.C14H21FN2O2.2C2H6/c1-5-19-43(20-6-2)28-31-14-23-45(24-15-31)39(46)34-9-7-32(8-10-34)33-16-21-44(22-17-33)27-29(3)25-37-30(4)41-18-13-36(37)35-11-12-38(40)42-26-35;1-5-11(9-12(15)10(2)3)17-13(7-6-8-18)14(19)16-4;2*1-2/h7,9,11-13,18,25-26,31,33H,5-6,8,10,14-17,19-24,27-28H2,1-4H3,(H2,40,42);5,8-9,13,17H,1,6-7H2,2-4H3,(H,16,19);2*1-2H3/b29-25+;11-9+;;. The molecule has 5 rings (SSSR count). The van der Waals surface area contributed by atoms with E-state index >= 15 is 0 Å².